The van der Waals surface area contributed by atoms with Crippen LogP contribution in [0.1, 0.15) is 27.4 Å². The molecule has 0 aliphatic heterocycles. The summed E-state index contributed by atoms with van der Waals surface area (Å²) in [6.07, 6.45) is -1.07. The summed E-state index contributed by atoms with van der Waals surface area (Å²) in [7, 11) is 1.10. The minimum absolute atomic E-state index is 0.0179. The molecular weight excluding hydrogens is 458 g/mol. The maximum Gasteiger partial charge on any atom is 0.407 e. The van der Waals surface area contributed by atoms with Crippen molar-refractivity contribution < 1.29 is 33.0 Å². The van der Waals surface area contributed by atoms with Gasteiger partial charge in [0.2, 0.25) is 0 Å². The number of carboxylic acid groups (broad SMARTS) is 1. The second kappa shape index (κ2) is 9.54. The van der Waals surface area contributed by atoms with E-state index in [9.17, 15) is 23.2 Å². The van der Waals surface area contributed by atoms with Crippen LogP contribution in [0.2, 0.25) is 0 Å². The number of alkyl halides is 2. The lowest BCUT2D eigenvalue weighted by molar-refractivity contribution is -0.141. The summed E-state index contributed by atoms with van der Waals surface area (Å²) in [5.41, 5.74) is 3.85. The Morgan fingerprint density at radius 1 is 0.971 bits per heavy atom. The average Bonchev–Trinajstić information content (AvgIpc) is 3.19. The number of nitrogens with zero attached hydrogens (tertiary/aromatic N) is 1. The lowest BCUT2D eigenvalue weighted by Crippen LogP contribution is -2.49. The molecule has 0 spiro atoms. The molecule has 0 saturated carbocycles. The van der Waals surface area contributed by atoms with Crippen LogP contribution in [0, 0.1) is 0 Å². The molecule has 0 heterocycles. The molecular formula is C26H22F2N2O5. The number of benzene rings is 3. The third kappa shape index (κ3) is 4.84. The SMILES string of the molecule is CN(C(=O)C(F)(F)CNC(=O)OCC1c2ccccc2-c2ccccc21)c1cccc(C(=O)O)c1. The minimum Gasteiger partial charge on any atom is -0.478 e. The molecule has 35 heavy (non-hydrogen) atoms. The highest BCUT2D eigenvalue weighted by molar-refractivity contribution is 5.99. The highest BCUT2D eigenvalue weighted by Crippen LogP contribution is 2.44. The predicted octanol–water partition coefficient (Wildman–Crippen LogP) is 4.52. The van der Waals surface area contributed by atoms with Gasteiger partial charge in [-0.2, -0.15) is 8.78 Å². The molecule has 1 aliphatic rings. The minimum atomic E-state index is -3.94. The molecule has 0 atom stereocenters. The van der Waals surface area contributed by atoms with Crippen molar-refractivity contribution in [1.82, 2.24) is 5.32 Å². The average molecular weight is 480 g/mol. The standard InChI is InChI=1S/C26H22F2N2O5/c1-30(17-8-6-7-16(13-17)23(31)32)24(33)26(27,28)15-29-25(34)35-14-22-20-11-4-2-9-18(20)19-10-3-5-12-21(19)22/h2-13,22H,14-15H2,1H3,(H,29,34)(H,31,32). The number of halogens is 2. The summed E-state index contributed by atoms with van der Waals surface area (Å²) in [6, 6.07) is 20.5. The maximum absolute atomic E-state index is 14.5. The number of aromatic carboxylic acids is 1. The zero-order chi connectivity index (χ0) is 25.2. The van der Waals surface area contributed by atoms with E-state index in [1.165, 1.54) is 18.2 Å². The van der Waals surface area contributed by atoms with Crippen LogP contribution in [-0.4, -0.2) is 49.2 Å². The van der Waals surface area contributed by atoms with Gasteiger partial charge in [0.15, 0.2) is 0 Å². The Bertz CT molecular complexity index is 1250. The van der Waals surface area contributed by atoms with Crippen molar-refractivity contribution in [2.75, 3.05) is 25.1 Å². The maximum atomic E-state index is 14.5. The lowest BCUT2D eigenvalue weighted by atomic mass is 9.98. The Hall–Kier alpha value is -4.27. The number of fused-ring (bicyclic) bond motifs is 3. The number of anilines is 1. The third-order valence-electron chi connectivity index (χ3n) is 5.90. The van der Waals surface area contributed by atoms with E-state index in [2.05, 4.69) is 0 Å². The first kappa shape index (κ1) is 23.9. The van der Waals surface area contributed by atoms with E-state index >= 15 is 0 Å². The van der Waals surface area contributed by atoms with Crippen molar-refractivity contribution in [2.45, 2.75) is 11.8 Å². The predicted molar refractivity (Wildman–Crippen MR) is 125 cm³/mol. The van der Waals surface area contributed by atoms with E-state index in [1.54, 1.807) is 0 Å². The van der Waals surface area contributed by atoms with E-state index in [1.807, 2.05) is 53.8 Å². The van der Waals surface area contributed by atoms with Gasteiger partial charge in [-0.15, -0.1) is 0 Å². The first-order chi connectivity index (χ1) is 16.7. The van der Waals surface area contributed by atoms with Gasteiger partial charge in [0.25, 0.3) is 5.91 Å². The first-order valence-corrected chi connectivity index (χ1v) is 10.8. The highest BCUT2D eigenvalue weighted by atomic mass is 19.3. The molecule has 7 nitrogen and oxygen atoms in total. The second-order valence-corrected chi connectivity index (χ2v) is 8.10. The van der Waals surface area contributed by atoms with Crippen LogP contribution in [0.4, 0.5) is 19.3 Å². The van der Waals surface area contributed by atoms with Gasteiger partial charge in [0, 0.05) is 18.7 Å². The smallest absolute Gasteiger partial charge is 0.407 e. The van der Waals surface area contributed by atoms with Gasteiger partial charge in [-0.25, -0.2) is 9.59 Å². The molecule has 4 rings (SSSR count). The molecule has 2 amide bonds. The molecule has 0 unspecified atom stereocenters. The Balaban J connectivity index is 1.36. The van der Waals surface area contributed by atoms with E-state index in [4.69, 9.17) is 9.84 Å². The largest absolute Gasteiger partial charge is 0.478 e. The normalized spacial score (nSPS) is 12.4. The lowest BCUT2D eigenvalue weighted by Gasteiger charge is -2.24. The van der Waals surface area contributed by atoms with Crippen LogP contribution >= 0.6 is 0 Å². The summed E-state index contributed by atoms with van der Waals surface area (Å²) in [4.78, 5) is 36.3. The van der Waals surface area contributed by atoms with Gasteiger partial charge in [0.05, 0.1) is 12.1 Å². The van der Waals surface area contributed by atoms with Gasteiger partial charge in [0.1, 0.15) is 6.61 Å². The van der Waals surface area contributed by atoms with Gasteiger partial charge in [-0.3, -0.25) is 4.79 Å². The molecule has 0 fully saturated rings. The van der Waals surface area contributed by atoms with Crippen LogP contribution in [0.25, 0.3) is 11.1 Å². The Morgan fingerprint density at radius 3 is 2.17 bits per heavy atom. The number of rotatable bonds is 7. The number of carbonyl (C=O) groups is 3. The third-order valence-corrected chi connectivity index (χ3v) is 5.90. The van der Waals surface area contributed by atoms with E-state index in [-0.39, 0.29) is 23.8 Å². The Labute approximate surface area is 199 Å². The fourth-order valence-electron chi connectivity index (χ4n) is 4.12. The zero-order valence-electron chi connectivity index (χ0n) is 18.7. The number of hydrogen-bond donors (Lipinski definition) is 2. The molecule has 180 valence electrons. The molecule has 2 N–H and O–H groups in total. The molecule has 3 aromatic carbocycles. The van der Waals surface area contributed by atoms with Crippen molar-refractivity contribution in [2.24, 2.45) is 0 Å². The second-order valence-electron chi connectivity index (χ2n) is 8.10. The zero-order valence-corrected chi connectivity index (χ0v) is 18.7. The Kier molecular flexibility index (Phi) is 6.50. The summed E-state index contributed by atoms with van der Waals surface area (Å²) in [5.74, 6) is -7.03. The van der Waals surface area contributed by atoms with E-state index < -0.39 is 30.4 Å². The summed E-state index contributed by atoms with van der Waals surface area (Å²) < 4.78 is 34.3. The molecule has 3 aromatic rings. The van der Waals surface area contributed by atoms with Gasteiger partial charge in [-0.05, 0) is 40.5 Å². The van der Waals surface area contributed by atoms with Crippen LogP contribution in [0.5, 0.6) is 0 Å². The van der Waals surface area contributed by atoms with Crippen molar-refractivity contribution >= 4 is 23.7 Å². The number of alkyl carbamates (subject to hydrolysis) is 1. The van der Waals surface area contributed by atoms with Crippen LogP contribution in [-0.2, 0) is 9.53 Å². The topological polar surface area (TPSA) is 95.9 Å². The molecule has 0 radical (unpaired) electrons. The number of nitrogens with one attached hydrogen (secondary N) is 1. The number of carboxylic acids is 1. The monoisotopic (exact) mass is 480 g/mol. The van der Waals surface area contributed by atoms with Gasteiger partial charge >= 0.3 is 18.0 Å². The van der Waals surface area contributed by atoms with Gasteiger partial charge < -0.3 is 20.1 Å². The van der Waals surface area contributed by atoms with Gasteiger partial charge in [-0.1, -0.05) is 54.6 Å². The molecule has 0 saturated heterocycles. The fraction of sp³-hybridized carbons (Fsp3) is 0.192. The summed E-state index contributed by atoms with van der Waals surface area (Å²) in [6.45, 7) is -1.33. The van der Waals surface area contributed by atoms with Crippen molar-refractivity contribution in [3.8, 4) is 11.1 Å². The molecule has 9 heteroatoms. The van der Waals surface area contributed by atoms with E-state index in [0.717, 1.165) is 35.4 Å². The summed E-state index contributed by atoms with van der Waals surface area (Å²) >= 11 is 0. The van der Waals surface area contributed by atoms with E-state index in [0.29, 0.717) is 4.90 Å². The van der Waals surface area contributed by atoms with Crippen LogP contribution in [0.3, 0.4) is 0 Å². The van der Waals surface area contributed by atoms with Crippen LogP contribution < -0.4 is 10.2 Å². The van der Waals surface area contributed by atoms with Crippen molar-refractivity contribution in [3.05, 3.63) is 89.5 Å². The first-order valence-electron chi connectivity index (χ1n) is 10.8. The molecule has 0 aromatic heterocycles. The molecule has 1 aliphatic carbocycles. The number of carbonyl (C=O) groups excluding carboxylic acids is 2. The number of hydrogen-bond acceptors (Lipinski definition) is 4. The number of ether oxygens (including phenoxy) is 1. The fourth-order valence-corrected chi connectivity index (χ4v) is 4.12. The van der Waals surface area contributed by atoms with Crippen molar-refractivity contribution in [1.29, 1.82) is 0 Å². The van der Waals surface area contributed by atoms with Crippen molar-refractivity contribution in [3.63, 3.8) is 0 Å². The quantitative estimate of drug-likeness (QED) is 0.518. The summed E-state index contributed by atoms with van der Waals surface area (Å²) in [5, 5.41) is 11.0. The Morgan fingerprint density at radius 2 is 1.57 bits per heavy atom. The van der Waals surface area contributed by atoms with Crippen LogP contribution in [0.15, 0.2) is 72.8 Å². The molecule has 0 bridgehead atoms. The highest BCUT2D eigenvalue weighted by Gasteiger charge is 2.42. The number of amides is 2.